The van der Waals surface area contributed by atoms with Crippen LogP contribution >= 0.6 is 0 Å². The van der Waals surface area contributed by atoms with Crippen LogP contribution in [0.1, 0.15) is 0 Å². The van der Waals surface area contributed by atoms with Crippen molar-refractivity contribution in [3.8, 4) is 11.5 Å². The molecule has 6 aromatic carbocycles. The van der Waals surface area contributed by atoms with E-state index < -0.39 is 137 Å². The summed E-state index contributed by atoms with van der Waals surface area (Å²) in [7, 11) is -21.4. The number of nitro benzene ring substituents is 2. The van der Waals surface area contributed by atoms with Crippen LogP contribution in [0.3, 0.4) is 0 Å². The molecule has 0 atom stereocenters. The summed E-state index contributed by atoms with van der Waals surface area (Å²) in [5, 5.41) is 64.2. The molecule has 326 valence electrons. The van der Waals surface area contributed by atoms with Gasteiger partial charge in [-0.2, -0.15) is 38.8 Å². The molecule has 0 aliphatic rings. The van der Waals surface area contributed by atoms with Crippen LogP contribution < -0.4 is 5.73 Å². The molecule has 6 rings (SSSR count). The number of rotatable bonds is 12. The van der Waals surface area contributed by atoms with Crippen molar-refractivity contribution in [3.05, 3.63) is 99.1 Å². The zero-order chi connectivity index (χ0) is 46.6. The quantitative estimate of drug-likeness (QED) is 0.0212. The first-order valence-corrected chi connectivity index (χ1v) is 22.0. The molecule has 0 radical (unpaired) electrons. The van der Waals surface area contributed by atoms with Crippen LogP contribution in [-0.2, 0) is 40.5 Å². The van der Waals surface area contributed by atoms with E-state index in [0.29, 0.717) is 12.1 Å². The van der Waals surface area contributed by atoms with E-state index in [2.05, 4.69) is 30.7 Å². The fourth-order valence-corrected chi connectivity index (χ4v) is 8.51. The van der Waals surface area contributed by atoms with Gasteiger partial charge in [-0.05, 0) is 53.9 Å². The number of nitrogens with two attached hydrogens (primary N) is 1. The van der Waals surface area contributed by atoms with Gasteiger partial charge >= 0.3 is 0 Å². The molecule has 0 saturated carbocycles. The number of nitro groups is 2. The van der Waals surface area contributed by atoms with E-state index in [9.17, 15) is 82.3 Å². The molecular weight excluding hydrogens is 927 g/mol. The largest absolute Gasteiger partial charge is 0.505 e. The molecule has 0 aromatic heterocycles. The first-order valence-electron chi connectivity index (χ1n) is 16.3. The maximum Gasteiger partial charge on any atom is 0.297 e. The van der Waals surface area contributed by atoms with Crippen molar-refractivity contribution in [2.75, 3.05) is 5.73 Å². The minimum atomic E-state index is -5.57. The van der Waals surface area contributed by atoms with Gasteiger partial charge in [-0.15, -0.1) is 25.6 Å². The Kier molecular flexibility index (Phi) is 11.5. The van der Waals surface area contributed by atoms with Crippen molar-refractivity contribution in [3.63, 3.8) is 0 Å². The summed E-state index contributed by atoms with van der Waals surface area (Å²) in [5.41, 5.74) is 0.141. The van der Waals surface area contributed by atoms with Crippen molar-refractivity contribution >= 4 is 113 Å². The Morgan fingerprint density at radius 3 is 1.57 bits per heavy atom. The predicted molar refractivity (Wildman–Crippen MR) is 214 cm³/mol. The normalized spacial score (nSPS) is 12.9. The summed E-state index contributed by atoms with van der Waals surface area (Å²) < 4.78 is 140. The Bertz CT molecular complexity index is 3550. The van der Waals surface area contributed by atoms with E-state index in [4.69, 9.17) is 5.73 Å². The van der Waals surface area contributed by atoms with E-state index in [1.54, 1.807) is 0 Å². The Morgan fingerprint density at radius 1 is 0.492 bits per heavy atom. The van der Waals surface area contributed by atoms with E-state index in [1.807, 2.05) is 0 Å². The highest BCUT2D eigenvalue weighted by atomic mass is 32.2. The van der Waals surface area contributed by atoms with Gasteiger partial charge in [0, 0.05) is 35.0 Å². The molecule has 8 N–H and O–H groups in total. The SMILES string of the molecule is Nc1c(N=Nc2ccc3c(O)c(N=Nc4ccc([N+](=O)[O-])cc4)c(S(=O)(=O)O)cc3c2S(=O)(=O)O)c(S(=O)(=O)O)cc2ccc(N=Nc3ccc([N+](=O)[O-])cc3S(=O)(=O)O)c(O)c12. The van der Waals surface area contributed by atoms with Gasteiger partial charge in [-0.25, -0.2) is 0 Å². The number of non-ortho nitro benzene ring substituents is 2. The number of hydrogen-bond acceptors (Lipinski definition) is 21. The predicted octanol–water partition coefficient (Wildman–Crippen LogP) is 7.04. The molecule has 0 saturated heterocycles. The molecular formula is C32H21N9O18S4. The lowest BCUT2D eigenvalue weighted by Gasteiger charge is -2.13. The van der Waals surface area contributed by atoms with Crippen LogP contribution in [-0.4, -0.2) is 71.9 Å². The number of fused-ring (bicyclic) bond motifs is 2. The second-order valence-electron chi connectivity index (χ2n) is 12.4. The number of hydrogen-bond donors (Lipinski definition) is 7. The molecule has 0 aliphatic carbocycles. The molecule has 0 spiro atoms. The molecule has 31 heteroatoms. The Morgan fingerprint density at radius 2 is 1.00 bits per heavy atom. The maximum absolute atomic E-state index is 12.8. The first-order chi connectivity index (χ1) is 29.2. The summed E-state index contributed by atoms with van der Waals surface area (Å²) in [6.07, 6.45) is 0. The topological polar surface area (TPSA) is 444 Å². The molecule has 0 fully saturated rings. The molecule has 0 heterocycles. The van der Waals surface area contributed by atoms with Gasteiger partial charge in [0.25, 0.3) is 51.8 Å². The van der Waals surface area contributed by atoms with Gasteiger partial charge < -0.3 is 15.9 Å². The third-order valence-corrected chi connectivity index (χ3v) is 12.1. The minimum absolute atomic E-state index is 0.113. The number of benzene rings is 6. The zero-order valence-corrected chi connectivity index (χ0v) is 33.6. The average molecular weight is 948 g/mol. The van der Waals surface area contributed by atoms with Crippen molar-refractivity contribution in [1.82, 2.24) is 0 Å². The van der Waals surface area contributed by atoms with Crippen LogP contribution in [0.5, 0.6) is 11.5 Å². The highest BCUT2D eigenvalue weighted by molar-refractivity contribution is 7.87. The summed E-state index contributed by atoms with van der Waals surface area (Å²) in [4.78, 5) is 15.7. The van der Waals surface area contributed by atoms with Gasteiger partial charge in [-0.3, -0.25) is 38.4 Å². The second-order valence-corrected chi connectivity index (χ2v) is 18.0. The molecule has 6 aromatic rings. The molecule has 63 heavy (non-hydrogen) atoms. The number of nitrogen functional groups attached to an aromatic ring is 1. The van der Waals surface area contributed by atoms with Crippen LogP contribution in [0.4, 0.5) is 51.2 Å². The van der Waals surface area contributed by atoms with Crippen LogP contribution in [0.25, 0.3) is 21.5 Å². The van der Waals surface area contributed by atoms with E-state index in [-0.39, 0.29) is 16.8 Å². The third kappa shape index (κ3) is 9.09. The Hall–Kier alpha value is -7.52. The maximum atomic E-state index is 12.8. The third-order valence-electron chi connectivity index (χ3n) is 8.49. The van der Waals surface area contributed by atoms with E-state index >= 15 is 0 Å². The lowest BCUT2D eigenvalue weighted by Crippen LogP contribution is -2.03. The highest BCUT2D eigenvalue weighted by Gasteiger charge is 2.29. The van der Waals surface area contributed by atoms with Crippen molar-refractivity contribution in [2.24, 2.45) is 30.7 Å². The van der Waals surface area contributed by atoms with Crippen molar-refractivity contribution in [2.45, 2.75) is 19.6 Å². The van der Waals surface area contributed by atoms with E-state index in [1.165, 1.54) is 0 Å². The second kappa shape index (κ2) is 16.1. The summed E-state index contributed by atoms with van der Waals surface area (Å²) in [5.74, 6) is -2.06. The van der Waals surface area contributed by atoms with Crippen LogP contribution in [0.15, 0.2) is 129 Å². The Labute approximate surface area is 350 Å². The summed E-state index contributed by atoms with van der Waals surface area (Å²) in [6, 6.07) is 11.2. The molecule has 27 nitrogen and oxygen atoms in total. The van der Waals surface area contributed by atoms with Crippen molar-refractivity contribution in [1.29, 1.82) is 0 Å². The number of aromatic hydroxyl groups is 2. The van der Waals surface area contributed by atoms with Crippen molar-refractivity contribution < 1.29 is 71.9 Å². The highest BCUT2D eigenvalue weighted by Crippen LogP contribution is 2.48. The first kappa shape index (κ1) is 45.0. The lowest BCUT2D eigenvalue weighted by molar-refractivity contribution is -0.385. The van der Waals surface area contributed by atoms with Gasteiger partial charge in [-0.1, -0.05) is 6.07 Å². The van der Waals surface area contributed by atoms with Gasteiger partial charge in [0.2, 0.25) is 0 Å². The fraction of sp³-hybridized carbons (Fsp3) is 0. The minimum Gasteiger partial charge on any atom is -0.505 e. The molecule has 0 aliphatic heterocycles. The summed E-state index contributed by atoms with van der Waals surface area (Å²) >= 11 is 0. The monoisotopic (exact) mass is 947 g/mol. The molecule has 0 bridgehead atoms. The standard InChI is InChI=1S/C32H21N9O18S4/c33-27-26-14(1-8-21(31(26)43)36-35-20-9-6-17(41(46)47)12-23(20)60(48,49)50)11-24(61(51,52)53)28(27)38-37-22-10-7-18-19(32(22)63(57,58)59)13-25(62(54,55)56)29(30(18)42)39-34-15-2-4-16(5-3-15)40(44)45/h1-13,42-43H,33H2,(H,48,49,50)(H,51,52,53)(H,54,55,56)(H,57,58,59). The fourth-order valence-electron chi connectivity index (χ4n) is 5.73. The van der Waals surface area contributed by atoms with Gasteiger partial charge in [0.1, 0.15) is 48.0 Å². The number of azo groups is 3. The van der Waals surface area contributed by atoms with E-state index in [0.717, 1.165) is 66.7 Å². The number of nitrogens with zero attached hydrogens (tertiary/aromatic N) is 8. The zero-order valence-electron chi connectivity index (χ0n) is 30.4. The van der Waals surface area contributed by atoms with Crippen LogP contribution in [0.2, 0.25) is 0 Å². The molecule has 0 unspecified atom stereocenters. The number of phenols is 2. The smallest absolute Gasteiger partial charge is 0.297 e. The lowest BCUT2D eigenvalue weighted by atomic mass is 10.1. The van der Waals surface area contributed by atoms with Crippen LogP contribution in [0, 0.1) is 20.2 Å². The molecule has 0 amide bonds. The van der Waals surface area contributed by atoms with Gasteiger partial charge in [0.15, 0.2) is 11.5 Å². The van der Waals surface area contributed by atoms with Gasteiger partial charge in [0.05, 0.1) is 26.6 Å². The Balaban J connectivity index is 1.52. The average Bonchev–Trinajstić information content (AvgIpc) is 3.17. The number of phenolic OH excluding ortho intramolecular Hbond substituents is 2. The summed E-state index contributed by atoms with van der Waals surface area (Å²) in [6.45, 7) is 0. The number of anilines is 1.